The second kappa shape index (κ2) is 3.60. The monoisotopic (exact) mass is 158 g/mol. The van der Waals surface area contributed by atoms with E-state index in [0.29, 0.717) is 5.92 Å². The molecule has 1 aliphatic carbocycles. The second-order valence-corrected chi connectivity index (χ2v) is 3.18. The number of carboxylic acid groups (broad SMARTS) is 1. The van der Waals surface area contributed by atoms with Crippen LogP contribution in [0.25, 0.3) is 0 Å². The van der Waals surface area contributed by atoms with Crippen molar-refractivity contribution in [3.63, 3.8) is 0 Å². The highest BCUT2D eigenvalue weighted by Gasteiger charge is 2.24. The summed E-state index contributed by atoms with van der Waals surface area (Å²) in [5.41, 5.74) is 0. The van der Waals surface area contributed by atoms with E-state index >= 15 is 0 Å². The third-order valence-corrected chi connectivity index (χ3v) is 2.28. The molecule has 0 aromatic heterocycles. The number of carbonyl (C=O) groups is 1. The van der Waals surface area contributed by atoms with Crippen LogP contribution in [0.3, 0.4) is 0 Å². The molecule has 0 aliphatic heterocycles. The first kappa shape index (κ1) is 8.37. The van der Waals surface area contributed by atoms with E-state index in [-0.39, 0.29) is 6.10 Å². The topological polar surface area (TPSA) is 46.5 Å². The molecule has 1 rings (SSSR count). The normalized spacial score (nSPS) is 31.4. The Bertz CT molecular complexity index is 144. The first-order valence-electron chi connectivity index (χ1n) is 4.09. The lowest BCUT2D eigenvalue weighted by Crippen LogP contribution is -2.27. The summed E-state index contributed by atoms with van der Waals surface area (Å²) in [4.78, 5) is 10.2. The molecule has 2 unspecified atom stereocenters. The van der Waals surface area contributed by atoms with Crippen LogP contribution in [0, 0.1) is 5.92 Å². The van der Waals surface area contributed by atoms with Gasteiger partial charge in [-0.3, -0.25) is 0 Å². The molecule has 11 heavy (non-hydrogen) atoms. The molecule has 0 amide bonds. The van der Waals surface area contributed by atoms with E-state index in [0.717, 1.165) is 19.3 Å². The highest BCUT2D eigenvalue weighted by atomic mass is 16.7. The minimum absolute atomic E-state index is 0.0544. The molecule has 1 N–H and O–H groups in total. The molecule has 1 aliphatic rings. The van der Waals surface area contributed by atoms with Crippen molar-refractivity contribution in [2.75, 3.05) is 0 Å². The van der Waals surface area contributed by atoms with Gasteiger partial charge in [-0.05, 0) is 25.2 Å². The summed E-state index contributed by atoms with van der Waals surface area (Å²) in [6.07, 6.45) is 3.11. The second-order valence-electron chi connectivity index (χ2n) is 3.18. The maximum absolute atomic E-state index is 10.2. The number of rotatable bonds is 1. The van der Waals surface area contributed by atoms with E-state index < -0.39 is 6.16 Å². The van der Waals surface area contributed by atoms with Gasteiger partial charge in [-0.2, -0.15) is 0 Å². The smallest absolute Gasteiger partial charge is 0.450 e. The predicted molar refractivity (Wildman–Crippen MR) is 40.5 cm³/mol. The maximum Gasteiger partial charge on any atom is 0.506 e. The molecular formula is C8H14O3. The van der Waals surface area contributed by atoms with Gasteiger partial charge < -0.3 is 9.84 Å². The Balaban J connectivity index is 2.35. The SMILES string of the molecule is CC1CCCCC1OC(=O)O. The van der Waals surface area contributed by atoms with Crippen LogP contribution in [-0.2, 0) is 4.74 Å². The van der Waals surface area contributed by atoms with Gasteiger partial charge in [0.15, 0.2) is 0 Å². The van der Waals surface area contributed by atoms with Gasteiger partial charge in [-0.1, -0.05) is 13.3 Å². The van der Waals surface area contributed by atoms with Gasteiger partial charge in [-0.25, -0.2) is 4.79 Å². The van der Waals surface area contributed by atoms with Crippen molar-refractivity contribution in [2.24, 2.45) is 5.92 Å². The van der Waals surface area contributed by atoms with Gasteiger partial charge in [0.1, 0.15) is 6.10 Å². The first-order chi connectivity index (χ1) is 5.20. The van der Waals surface area contributed by atoms with Gasteiger partial charge in [-0.15, -0.1) is 0 Å². The molecule has 0 bridgehead atoms. The molecule has 0 saturated heterocycles. The molecular weight excluding hydrogens is 144 g/mol. The van der Waals surface area contributed by atoms with Crippen LogP contribution in [-0.4, -0.2) is 17.4 Å². The summed E-state index contributed by atoms with van der Waals surface area (Å²) >= 11 is 0. The Labute approximate surface area is 66.4 Å². The van der Waals surface area contributed by atoms with Crippen LogP contribution in [0.4, 0.5) is 4.79 Å². The molecule has 0 radical (unpaired) electrons. The zero-order valence-corrected chi connectivity index (χ0v) is 6.75. The average Bonchev–Trinajstić information content (AvgIpc) is 1.93. The lowest BCUT2D eigenvalue weighted by atomic mass is 9.88. The standard InChI is InChI=1S/C8H14O3/c1-6-4-2-3-5-7(6)11-8(9)10/h6-7H,2-5H2,1H3,(H,9,10). The Kier molecular flexibility index (Phi) is 2.74. The summed E-state index contributed by atoms with van der Waals surface area (Å²) in [5.74, 6) is 0.403. The van der Waals surface area contributed by atoms with Crippen LogP contribution in [0.1, 0.15) is 32.6 Å². The zero-order chi connectivity index (χ0) is 8.27. The van der Waals surface area contributed by atoms with Gasteiger partial charge in [0, 0.05) is 0 Å². The highest BCUT2D eigenvalue weighted by Crippen LogP contribution is 2.26. The fraction of sp³-hybridized carbons (Fsp3) is 0.875. The summed E-state index contributed by atoms with van der Waals surface area (Å²) in [6.45, 7) is 2.05. The van der Waals surface area contributed by atoms with E-state index in [1.165, 1.54) is 6.42 Å². The van der Waals surface area contributed by atoms with Crippen molar-refractivity contribution >= 4 is 6.16 Å². The fourth-order valence-corrected chi connectivity index (χ4v) is 1.59. The third kappa shape index (κ3) is 2.41. The predicted octanol–water partition coefficient (Wildman–Crippen LogP) is 2.26. The van der Waals surface area contributed by atoms with Gasteiger partial charge in [0.05, 0.1) is 0 Å². The Morgan fingerprint density at radius 1 is 1.45 bits per heavy atom. The summed E-state index contributed by atoms with van der Waals surface area (Å²) in [6, 6.07) is 0. The quantitative estimate of drug-likeness (QED) is 0.595. The van der Waals surface area contributed by atoms with Crippen molar-refractivity contribution in [1.29, 1.82) is 0 Å². The minimum Gasteiger partial charge on any atom is -0.450 e. The van der Waals surface area contributed by atoms with Crippen molar-refractivity contribution in [3.8, 4) is 0 Å². The highest BCUT2D eigenvalue weighted by molar-refractivity contribution is 5.57. The maximum atomic E-state index is 10.2. The first-order valence-corrected chi connectivity index (χ1v) is 4.09. The number of hydrogen-bond donors (Lipinski definition) is 1. The van der Waals surface area contributed by atoms with E-state index in [4.69, 9.17) is 9.84 Å². The Hall–Kier alpha value is -0.730. The van der Waals surface area contributed by atoms with E-state index in [9.17, 15) is 4.79 Å². The molecule has 2 atom stereocenters. The molecule has 64 valence electrons. The fourth-order valence-electron chi connectivity index (χ4n) is 1.59. The summed E-state index contributed by atoms with van der Waals surface area (Å²) < 4.78 is 4.72. The molecule has 0 aromatic rings. The third-order valence-electron chi connectivity index (χ3n) is 2.28. The van der Waals surface area contributed by atoms with Gasteiger partial charge in [0.2, 0.25) is 0 Å². The molecule has 0 heterocycles. The minimum atomic E-state index is -1.14. The van der Waals surface area contributed by atoms with E-state index in [1.807, 2.05) is 6.92 Å². The lowest BCUT2D eigenvalue weighted by Gasteiger charge is -2.26. The zero-order valence-electron chi connectivity index (χ0n) is 6.75. The van der Waals surface area contributed by atoms with Crippen LogP contribution < -0.4 is 0 Å². The van der Waals surface area contributed by atoms with Crippen molar-refractivity contribution in [1.82, 2.24) is 0 Å². The average molecular weight is 158 g/mol. The number of hydrogen-bond acceptors (Lipinski definition) is 2. The van der Waals surface area contributed by atoms with Crippen LogP contribution >= 0.6 is 0 Å². The van der Waals surface area contributed by atoms with Crippen LogP contribution in [0.5, 0.6) is 0 Å². The van der Waals surface area contributed by atoms with Crippen LogP contribution in [0.2, 0.25) is 0 Å². The Morgan fingerprint density at radius 2 is 2.09 bits per heavy atom. The number of ether oxygens (including phenoxy) is 1. The molecule has 3 nitrogen and oxygen atoms in total. The lowest BCUT2D eigenvalue weighted by molar-refractivity contribution is 0.0113. The van der Waals surface area contributed by atoms with Crippen LogP contribution in [0.15, 0.2) is 0 Å². The van der Waals surface area contributed by atoms with E-state index in [1.54, 1.807) is 0 Å². The molecule has 1 fully saturated rings. The largest absolute Gasteiger partial charge is 0.506 e. The molecule has 0 spiro atoms. The molecule has 0 aromatic carbocycles. The molecule has 1 saturated carbocycles. The molecule has 3 heteroatoms. The van der Waals surface area contributed by atoms with Gasteiger partial charge in [0.25, 0.3) is 0 Å². The van der Waals surface area contributed by atoms with E-state index in [2.05, 4.69) is 0 Å². The van der Waals surface area contributed by atoms with Crippen molar-refractivity contribution < 1.29 is 14.6 Å². The summed E-state index contributed by atoms with van der Waals surface area (Å²) in [5, 5.41) is 8.36. The summed E-state index contributed by atoms with van der Waals surface area (Å²) in [7, 11) is 0. The van der Waals surface area contributed by atoms with Crippen molar-refractivity contribution in [2.45, 2.75) is 38.7 Å². The van der Waals surface area contributed by atoms with Gasteiger partial charge >= 0.3 is 6.16 Å². The van der Waals surface area contributed by atoms with Crippen molar-refractivity contribution in [3.05, 3.63) is 0 Å². The Morgan fingerprint density at radius 3 is 2.64 bits per heavy atom.